The van der Waals surface area contributed by atoms with Crippen LogP contribution in [0, 0.1) is 5.92 Å². The lowest BCUT2D eigenvalue weighted by Gasteiger charge is -2.36. The summed E-state index contributed by atoms with van der Waals surface area (Å²) >= 11 is 1.72. The summed E-state index contributed by atoms with van der Waals surface area (Å²) in [5.41, 5.74) is 1.15. The molecule has 0 radical (unpaired) electrons. The number of hydrogen-bond acceptors (Lipinski definition) is 4. The summed E-state index contributed by atoms with van der Waals surface area (Å²) in [6.07, 6.45) is 5.27. The van der Waals surface area contributed by atoms with E-state index in [0.29, 0.717) is 6.04 Å². The van der Waals surface area contributed by atoms with Gasteiger partial charge in [-0.3, -0.25) is 0 Å². The number of thiazole rings is 1. The summed E-state index contributed by atoms with van der Waals surface area (Å²) < 4.78 is 0. The van der Waals surface area contributed by atoms with Crippen molar-refractivity contribution in [3.63, 3.8) is 0 Å². The maximum absolute atomic E-state index is 10.0. The van der Waals surface area contributed by atoms with E-state index in [1.165, 1.54) is 12.8 Å². The Morgan fingerprint density at radius 3 is 2.89 bits per heavy atom. The normalized spacial score (nSPS) is 32.4. The van der Waals surface area contributed by atoms with E-state index in [-0.39, 0.29) is 6.10 Å². The van der Waals surface area contributed by atoms with Crippen LogP contribution in [0.4, 0.5) is 5.13 Å². The van der Waals surface area contributed by atoms with Gasteiger partial charge in [0.1, 0.15) is 0 Å². The molecule has 1 saturated heterocycles. The molecule has 1 aromatic rings. The molecule has 1 fully saturated rings. The van der Waals surface area contributed by atoms with E-state index >= 15 is 0 Å². The molecule has 1 N–H and O–H groups in total. The monoisotopic (exact) mass is 266 g/mol. The molecule has 2 heterocycles. The van der Waals surface area contributed by atoms with Crippen molar-refractivity contribution >= 4 is 16.5 Å². The van der Waals surface area contributed by atoms with Gasteiger partial charge in [0, 0.05) is 12.6 Å². The largest absolute Gasteiger partial charge is 0.388 e. The Morgan fingerprint density at radius 2 is 2.17 bits per heavy atom. The fraction of sp³-hybridized carbons (Fsp3) is 0.786. The molecule has 0 bridgehead atoms. The second-order valence-electron chi connectivity index (χ2n) is 5.89. The fourth-order valence-corrected chi connectivity index (χ4v) is 4.46. The Bertz CT molecular complexity index is 431. The quantitative estimate of drug-likeness (QED) is 0.848. The smallest absolute Gasteiger partial charge is 0.186 e. The zero-order valence-electron chi connectivity index (χ0n) is 11.2. The summed E-state index contributed by atoms with van der Waals surface area (Å²) in [5, 5.41) is 11.2. The summed E-state index contributed by atoms with van der Waals surface area (Å²) in [6.45, 7) is 5.75. The minimum Gasteiger partial charge on any atom is -0.388 e. The van der Waals surface area contributed by atoms with Gasteiger partial charge in [-0.2, -0.15) is 0 Å². The van der Waals surface area contributed by atoms with Crippen molar-refractivity contribution < 1.29 is 5.11 Å². The number of rotatable bonds is 1. The van der Waals surface area contributed by atoms with Gasteiger partial charge in [-0.25, -0.2) is 4.98 Å². The SMILES string of the molecule is CC1CCN(c2nc3c(s2)C(O)CCC3)C(C)C1. The Kier molecular flexibility index (Phi) is 3.32. The van der Waals surface area contributed by atoms with Gasteiger partial charge < -0.3 is 10.0 Å². The standard InChI is InChI=1S/C14H22N2OS/c1-9-6-7-16(10(2)8-9)14-15-11-4-3-5-12(17)13(11)18-14/h9-10,12,17H,3-8H2,1-2H3. The molecule has 100 valence electrons. The van der Waals surface area contributed by atoms with Crippen LogP contribution < -0.4 is 4.90 Å². The van der Waals surface area contributed by atoms with Crippen LogP contribution in [0.15, 0.2) is 0 Å². The first-order chi connectivity index (χ1) is 8.65. The Morgan fingerprint density at radius 1 is 1.33 bits per heavy atom. The first-order valence-corrected chi connectivity index (χ1v) is 7.91. The van der Waals surface area contributed by atoms with Gasteiger partial charge in [0.2, 0.25) is 0 Å². The van der Waals surface area contributed by atoms with Crippen LogP contribution in [-0.4, -0.2) is 22.7 Å². The molecular weight excluding hydrogens is 244 g/mol. The third-order valence-electron chi connectivity index (χ3n) is 4.29. The number of fused-ring (bicyclic) bond motifs is 1. The van der Waals surface area contributed by atoms with Crippen LogP contribution in [0.2, 0.25) is 0 Å². The van der Waals surface area contributed by atoms with Crippen LogP contribution in [0.25, 0.3) is 0 Å². The maximum Gasteiger partial charge on any atom is 0.186 e. The minimum atomic E-state index is -0.265. The second kappa shape index (κ2) is 4.82. The van der Waals surface area contributed by atoms with Crippen molar-refractivity contribution in [2.75, 3.05) is 11.4 Å². The van der Waals surface area contributed by atoms with E-state index in [4.69, 9.17) is 4.98 Å². The van der Waals surface area contributed by atoms with Gasteiger partial charge in [-0.15, -0.1) is 0 Å². The number of nitrogens with zero attached hydrogens (tertiary/aromatic N) is 2. The molecule has 1 aliphatic carbocycles. The van der Waals surface area contributed by atoms with E-state index in [2.05, 4.69) is 18.7 Å². The molecule has 0 aromatic carbocycles. The molecule has 18 heavy (non-hydrogen) atoms. The third kappa shape index (κ3) is 2.16. The molecule has 2 aliphatic rings. The predicted molar refractivity (Wildman–Crippen MR) is 75.2 cm³/mol. The van der Waals surface area contributed by atoms with E-state index in [9.17, 15) is 5.11 Å². The van der Waals surface area contributed by atoms with Gasteiger partial charge >= 0.3 is 0 Å². The topological polar surface area (TPSA) is 36.4 Å². The number of aromatic nitrogens is 1. The van der Waals surface area contributed by atoms with Crippen molar-refractivity contribution in [3.8, 4) is 0 Å². The van der Waals surface area contributed by atoms with Crippen molar-refractivity contribution in [2.45, 2.75) is 58.1 Å². The number of aliphatic hydroxyl groups is 1. The van der Waals surface area contributed by atoms with Crippen LogP contribution >= 0.6 is 11.3 Å². The molecule has 0 spiro atoms. The molecule has 3 atom stereocenters. The highest BCUT2D eigenvalue weighted by Gasteiger charge is 2.29. The maximum atomic E-state index is 10.0. The second-order valence-corrected chi connectivity index (χ2v) is 6.90. The molecule has 4 heteroatoms. The average molecular weight is 266 g/mol. The summed E-state index contributed by atoms with van der Waals surface area (Å²) in [7, 11) is 0. The minimum absolute atomic E-state index is 0.265. The molecule has 3 rings (SSSR count). The Hall–Kier alpha value is -0.610. The molecule has 0 amide bonds. The average Bonchev–Trinajstić information content (AvgIpc) is 2.74. The van der Waals surface area contributed by atoms with Gasteiger partial charge in [-0.05, 0) is 44.9 Å². The lowest BCUT2D eigenvalue weighted by molar-refractivity contribution is 0.160. The van der Waals surface area contributed by atoms with E-state index < -0.39 is 0 Å². The van der Waals surface area contributed by atoms with E-state index in [0.717, 1.165) is 47.4 Å². The van der Waals surface area contributed by atoms with Gasteiger partial charge in [0.05, 0.1) is 16.7 Å². The zero-order chi connectivity index (χ0) is 12.7. The summed E-state index contributed by atoms with van der Waals surface area (Å²) in [4.78, 5) is 8.35. The van der Waals surface area contributed by atoms with Gasteiger partial charge in [-0.1, -0.05) is 18.3 Å². The lowest BCUT2D eigenvalue weighted by atomic mass is 9.94. The molecular formula is C14H22N2OS. The molecule has 1 aliphatic heterocycles. The molecule has 3 nitrogen and oxygen atoms in total. The highest BCUT2D eigenvalue weighted by molar-refractivity contribution is 7.15. The van der Waals surface area contributed by atoms with Gasteiger partial charge in [0.25, 0.3) is 0 Å². The number of aliphatic hydroxyl groups excluding tert-OH is 1. The number of anilines is 1. The predicted octanol–water partition coefficient (Wildman–Crippen LogP) is 3.14. The number of hydrogen-bond donors (Lipinski definition) is 1. The van der Waals surface area contributed by atoms with Crippen LogP contribution in [-0.2, 0) is 6.42 Å². The number of piperidine rings is 1. The first-order valence-electron chi connectivity index (χ1n) is 7.09. The van der Waals surface area contributed by atoms with E-state index in [1.54, 1.807) is 11.3 Å². The third-order valence-corrected chi connectivity index (χ3v) is 5.53. The van der Waals surface area contributed by atoms with E-state index in [1.807, 2.05) is 0 Å². The highest BCUT2D eigenvalue weighted by Crippen LogP contribution is 2.39. The zero-order valence-corrected chi connectivity index (χ0v) is 12.0. The van der Waals surface area contributed by atoms with Gasteiger partial charge in [0.15, 0.2) is 5.13 Å². The summed E-state index contributed by atoms with van der Waals surface area (Å²) in [6, 6.07) is 0.582. The van der Waals surface area contributed by atoms with Crippen molar-refractivity contribution in [3.05, 3.63) is 10.6 Å². The molecule has 1 aromatic heterocycles. The van der Waals surface area contributed by atoms with Crippen molar-refractivity contribution in [1.82, 2.24) is 4.98 Å². The Labute approximate surface area is 113 Å². The Balaban J connectivity index is 1.84. The highest BCUT2D eigenvalue weighted by atomic mass is 32.1. The summed E-state index contributed by atoms with van der Waals surface area (Å²) in [5.74, 6) is 0.830. The van der Waals surface area contributed by atoms with Crippen LogP contribution in [0.1, 0.15) is 56.2 Å². The first kappa shape index (κ1) is 12.4. The van der Waals surface area contributed by atoms with Crippen molar-refractivity contribution in [1.29, 1.82) is 0 Å². The molecule has 0 saturated carbocycles. The van der Waals surface area contributed by atoms with Crippen molar-refractivity contribution in [2.24, 2.45) is 5.92 Å². The fourth-order valence-electron chi connectivity index (χ4n) is 3.20. The van der Waals surface area contributed by atoms with Crippen LogP contribution in [0.5, 0.6) is 0 Å². The van der Waals surface area contributed by atoms with Crippen LogP contribution in [0.3, 0.4) is 0 Å². The number of aryl methyl sites for hydroxylation is 1. The lowest BCUT2D eigenvalue weighted by Crippen LogP contribution is -2.40. The molecule has 3 unspecified atom stereocenters.